The van der Waals surface area contributed by atoms with Crippen LogP contribution in [0.3, 0.4) is 0 Å². The first-order valence-corrected chi connectivity index (χ1v) is 6.89. The Labute approximate surface area is 117 Å². The van der Waals surface area contributed by atoms with E-state index in [1.807, 2.05) is 0 Å². The maximum absolute atomic E-state index is 12.3. The number of aromatic carboxylic acids is 1. The van der Waals surface area contributed by atoms with Crippen LogP contribution in [0.1, 0.15) is 33.8 Å². The molecule has 0 spiro atoms. The summed E-state index contributed by atoms with van der Waals surface area (Å²) in [5.41, 5.74) is 0.122. The summed E-state index contributed by atoms with van der Waals surface area (Å²) in [6.07, 6.45) is 2.55. The second-order valence-electron chi connectivity index (χ2n) is 5.27. The van der Waals surface area contributed by atoms with Crippen LogP contribution in [0.2, 0.25) is 0 Å². The zero-order valence-electron chi connectivity index (χ0n) is 11.2. The molecule has 1 aromatic heterocycles. The second kappa shape index (κ2) is 5.20. The molecule has 0 aromatic carbocycles. The first kappa shape index (κ1) is 13.1. The summed E-state index contributed by atoms with van der Waals surface area (Å²) in [6, 6.07) is 5.25. The summed E-state index contributed by atoms with van der Waals surface area (Å²) >= 11 is 0. The largest absolute Gasteiger partial charge is 0.477 e. The highest BCUT2D eigenvalue weighted by atomic mass is 16.4. The first-order chi connectivity index (χ1) is 9.65. The number of hydrogen-bond acceptors (Lipinski definition) is 4. The van der Waals surface area contributed by atoms with Crippen molar-refractivity contribution in [2.75, 3.05) is 26.2 Å². The molecule has 0 unspecified atom stereocenters. The number of hydrogen-bond donors (Lipinski definition) is 1. The van der Waals surface area contributed by atoms with E-state index in [-0.39, 0.29) is 17.3 Å². The SMILES string of the molecule is O=C(O)c1cccc(C(=O)N2CCN(C3CC3)CC2)n1. The molecule has 6 nitrogen and oxygen atoms in total. The highest BCUT2D eigenvalue weighted by Crippen LogP contribution is 2.27. The van der Waals surface area contributed by atoms with Gasteiger partial charge in [0.1, 0.15) is 11.4 Å². The molecule has 1 saturated heterocycles. The van der Waals surface area contributed by atoms with Crippen LogP contribution in [0.15, 0.2) is 18.2 Å². The predicted octanol–water partition coefficient (Wildman–Crippen LogP) is 0.700. The Morgan fingerprint density at radius 3 is 2.35 bits per heavy atom. The van der Waals surface area contributed by atoms with E-state index in [0.717, 1.165) is 19.1 Å². The molecule has 0 atom stereocenters. The van der Waals surface area contributed by atoms with Gasteiger partial charge in [-0.2, -0.15) is 0 Å². The van der Waals surface area contributed by atoms with E-state index in [9.17, 15) is 9.59 Å². The fraction of sp³-hybridized carbons (Fsp3) is 0.500. The van der Waals surface area contributed by atoms with Crippen molar-refractivity contribution in [3.05, 3.63) is 29.6 Å². The summed E-state index contributed by atoms with van der Waals surface area (Å²) in [5.74, 6) is -1.29. The second-order valence-corrected chi connectivity index (χ2v) is 5.27. The van der Waals surface area contributed by atoms with Gasteiger partial charge in [0.05, 0.1) is 0 Å². The Bertz CT molecular complexity index is 534. The molecule has 6 heteroatoms. The number of carboxylic acids is 1. The Morgan fingerprint density at radius 1 is 1.10 bits per heavy atom. The molecule has 20 heavy (non-hydrogen) atoms. The van der Waals surface area contributed by atoms with E-state index in [0.29, 0.717) is 13.1 Å². The van der Waals surface area contributed by atoms with Crippen LogP contribution in [-0.4, -0.2) is 64.0 Å². The maximum atomic E-state index is 12.3. The minimum atomic E-state index is -1.11. The van der Waals surface area contributed by atoms with Gasteiger partial charge in [0.2, 0.25) is 0 Å². The molecule has 2 fully saturated rings. The molecule has 0 bridgehead atoms. The van der Waals surface area contributed by atoms with Crippen molar-refractivity contribution < 1.29 is 14.7 Å². The van der Waals surface area contributed by atoms with Gasteiger partial charge in [0.15, 0.2) is 0 Å². The summed E-state index contributed by atoms with van der Waals surface area (Å²) in [7, 11) is 0. The van der Waals surface area contributed by atoms with Crippen molar-refractivity contribution in [2.24, 2.45) is 0 Å². The predicted molar refractivity (Wildman–Crippen MR) is 71.7 cm³/mol. The Balaban J connectivity index is 1.66. The van der Waals surface area contributed by atoms with Crippen molar-refractivity contribution in [1.82, 2.24) is 14.8 Å². The molecule has 1 aliphatic carbocycles. The van der Waals surface area contributed by atoms with Gasteiger partial charge in [-0.15, -0.1) is 0 Å². The molecule has 1 saturated carbocycles. The minimum absolute atomic E-state index is 0.0903. The summed E-state index contributed by atoms with van der Waals surface area (Å²) in [6.45, 7) is 3.17. The Morgan fingerprint density at radius 2 is 1.75 bits per heavy atom. The summed E-state index contributed by atoms with van der Waals surface area (Å²) in [5, 5.41) is 8.91. The van der Waals surface area contributed by atoms with E-state index in [1.54, 1.807) is 17.0 Å². The van der Waals surface area contributed by atoms with E-state index in [4.69, 9.17) is 5.11 Å². The van der Waals surface area contributed by atoms with Gasteiger partial charge in [-0.1, -0.05) is 6.07 Å². The molecule has 2 aliphatic rings. The normalized spacial score (nSPS) is 19.9. The number of aromatic nitrogens is 1. The van der Waals surface area contributed by atoms with Crippen molar-refractivity contribution in [1.29, 1.82) is 0 Å². The van der Waals surface area contributed by atoms with E-state index in [1.165, 1.54) is 18.9 Å². The van der Waals surface area contributed by atoms with Gasteiger partial charge in [-0.25, -0.2) is 9.78 Å². The van der Waals surface area contributed by atoms with Gasteiger partial charge in [-0.05, 0) is 25.0 Å². The average Bonchev–Trinajstić information content (AvgIpc) is 3.31. The van der Waals surface area contributed by atoms with Gasteiger partial charge < -0.3 is 10.0 Å². The molecule has 1 aromatic rings. The maximum Gasteiger partial charge on any atom is 0.354 e. The molecule has 1 aliphatic heterocycles. The summed E-state index contributed by atoms with van der Waals surface area (Å²) in [4.78, 5) is 31.3. The fourth-order valence-corrected chi connectivity index (χ4v) is 2.56. The van der Waals surface area contributed by atoms with Crippen molar-refractivity contribution in [3.63, 3.8) is 0 Å². The quantitative estimate of drug-likeness (QED) is 0.879. The van der Waals surface area contributed by atoms with Crippen LogP contribution in [0.25, 0.3) is 0 Å². The third kappa shape index (κ3) is 2.65. The number of nitrogens with zero attached hydrogens (tertiary/aromatic N) is 3. The standard InChI is InChI=1S/C14H17N3O3/c18-13(11-2-1-3-12(15-11)14(19)20)17-8-6-16(7-9-17)10-4-5-10/h1-3,10H,4-9H2,(H,19,20). The van der Waals surface area contributed by atoms with Crippen molar-refractivity contribution in [3.8, 4) is 0 Å². The highest BCUT2D eigenvalue weighted by molar-refractivity contribution is 5.94. The van der Waals surface area contributed by atoms with Gasteiger partial charge >= 0.3 is 5.97 Å². The molecule has 2 heterocycles. The zero-order valence-corrected chi connectivity index (χ0v) is 11.2. The number of carbonyl (C=O) groups excluding carboxylic acids is 1. The van der Waals surface area contributed by atoms with Crippen LogP contribution >= 0.6 is 0 Å². The van der Waals surface area contributed by atoms with Gasteiger partial charge in [0, 0.05) is 32.2 Å². The summed E-state index contributed by atoms with van der Waals surface area (Å²) < 4.78 is 0. The Hall–Kier alpha value is -1.95. The minimum Gasteiger partial charge on any atom is -0.477 e. The number of carbonyl (C=O) groups is 2. The third-order valence-corrected chi connectivity index (χ3v) is 3.85. The van der Waals surface area contributed by atoms with Gasteiger partial charge in [0.25, 0.3) is 5.91 Å². The lowest BCUT2D eigenvalue weighted by atomic mass is 10.2. The lowest BCUT2D eigenvalue weighted by Crippen LogP contribution is -2.49. The first-order valence-electron chi connectivity index (χ1n) is 6.89. The molecule has 1 amide bonds. The lowest BCUT2D eigenvalue weighted by Gasteiger charge is -2.34. The number of pyridine rings is 1. The molecule has 1 N–H and O–H groups in total. The third-order valence-electron chi connectivity index (χ3n) is 3.85. The Kier molecular flexibility index (Phi) is 3.40. The van der Waals surface area contributed by atoms with Crippen molar-refractivity contribution in [2.45, 2.75) is 18.9 Å². The van der Waals surface area contributed by atoms with E-state index >= 15 is 0 Å². The lowest BCUT2D eigenvalue weighted by molar-refractivity contribution is 0.0621. The fourth-order valence-electron chi connectivity index (χ4n) is 2.56. The topological polar surface area (TPSA) is 73.7 Å². The van der Waals surface area contributed by atoms with Crippen molar-refractivity contribution >= 4 is 11.9 Å². The number of carboxylic acid groups (broad SMARTS) is 1. The number of rotatable bonds is 3. The van der Waals surface area contributed by atoms with Crippen LogP contribution in [0.5, 0.6) is 0 Å². The van der Waals surface area contributed by atoms with Crippen LogP contribution in [0, 0.1) is 0 Å². The van der Waals surface area contributed by atoms with E-state index in [2.05, 4.69) is 9.88 Å². The molecule has 3 rings (SSSR count). The van der Waals surface area contributed by atoms with Crippen LogP contribution in [0.4, 0.5) is 0 Å². The van der Waals surface area contributed by atoms with Crippen LogP contribution < -0.4 is 0 Å². The van der Waals surface area contributed by atoms with Crippen LogP contribution in [-0.2, 0) is 0 Å². The highest BCUT2D eigenvalue weighted by Gasteiger charge is 2.32. The zero-order chi connectivity index (χ0) is 14.1. The molecular weight excluding hydrogens is 258 g/mol. The molecule has 0 radical (unpaired) electrons. The number of amides is 1. The van der Waals surface area contributed by atoms with E-state index < -0.39 is 5.97 Å². The monoisotopic (exact) mass is 275 g/mol. The average molecular weight is 275 g/mol. The number of piperazine rings is 1. The molecular formula is C14H17N3O3. The van der Waals surface area contributed by atoms with Gasteiger partial charge in [-0.3, -0.25) is 9.69 Å². The smallest absolute Gasteiger partial charge is 0.354 e. The molecule has 106 valence electrons.